The molecule has 0 spiro atoms. The highest BCUT2D eigenvalue weighted by Crippen LogP contribution is 2.31. The number of esters is 1. The number of cyclic esters (lactones) is 1. The molecule has 0 amide bonds. The summed E-state index contributed by atoms with van der Waals surface area (Å²) in [6.07, 6.45) is 8.09. The van der Waals surface area contributed by atoms with Gasteiger partial charge >= 0.3 is 5.97 Å². The standard InChI is InChI=1S/C12H20O3/c1-9-6-4-2-3-5-7-10-11(15-10)8-12(13)14-9/h9-11H,2-8H2,1H3/t9-,10-,11+/m1/s1. The van der Waals surface area contributed by atoms with Gasteiger partial charge in [0.25, 0.3) is 0 Å². The average Bonchev–Trinajstić information content (AvgIpc) is 2.87. The number of carbonyl (C=O) groups is 1. The highest BCUT2D eigenvalue weighted by atomic mass is 16.6. The van der Waals surface area contributed by atoms with Gasteiger partial charge < -0.3 is 9.47 Å². The lowest BCUT2D eigenvalue weighted by Gasteiger charge is -2.13. The topological polar surface area (TPSA) is 38.8 Å². The minimum atomic E-state index is -0.0874. The molecule has 3 atom stereocenters. The van der Waals surface area contributed by atoms with Crippen LogP contribution in [0, 0.1) is 0 Å². The van der Waals surface area contributed by atoms with E-state index in [1.807, 2.05) is 6.92 Å². The van der Waals surface area contributed by atoms with Crippen LogP contribution in [0.4, 0.5) is 0 Å². The Balaban J connectivity index is 1.81. The second-order valence-corrected chi connectivity index (χ2v) is 4.71. The molecule has 2 fully saturated rings. The van der Waals surface area contributed by atoms with Gasteiger partial charge in [-0.25, -0.2) is 0 Å². The monoisotopic (exact) mass is 212 g/mol. The molecule has 0 aromatic heterocycles. The lowest BCUT2D eigenvalue weighted by molar-refractivity contribution is -0.148. The predicted octanol–water partition coefficient (Wildman–Crippen LogP) is 2.43. The van der Waals surface area contributed by atoms with Gasteiger partial charge in [0, 0.05) is 0 Å². The summed E-state index contributed by atoms with van der Waals surface area (Å²) in [7, 11) is 0. The molecule has 0 aliphatic carbocycles. The molecule has 0 aromatic rings. The quantitative estimate of drug-likeness (QED) is 0.457. The van der Waals surface area contributed by atoms with E-state index in [1.165, 1.54) is 25.7 Å². The van der Waals surface area contributed by atoms with Gasteiger partial charge in [0.1, 0.15) is 0 Å². The summed E-state index contributed by atoms with van der Waals surface area (Å²) in [5, 5.41) is 0. The van der Waals surface area contributed by atoms with E-state index < -0.39 is 0 Å². The van der Waals surface area contributed by atoms with E-state index in [0.717, 1.165) is 12.8 Å². The summed E-state index contributed by atoms with van der Waals surface area (Å²) in [6.45, 7) is 1.98. The van der Waals surface area contributed by atoms with E-state index in [2.05, 4.69) is 0 Å². The summed E-state index contributed by atoms with van der Waals surface area (Å²) in [5.74, 6) is -0.0874. The van der Waals surface area contributed by atoms with Gasteiger partial charge in [-0.1, -0.05) is 19.3 Å². The Kier molecular flexibility index (Phi) is 3.62. The molecule has 86 valence electrons. The molecule has 2 saturated heterocycles. The maximum Gasteiger partial charge on any atom is 0.308 e. The Bertz CT molecular complexity index is 221. The van der Waals surface area contributed by atoms with Crippen LogP contribution in [0.25, 0.3) is 0 Å². The zero-order chi connectivity index (χ0) is 10.7. The minimum Gasteiger partial charge on any atom is -0.463 e. The van der Waals surface area contributed by atoms with Crippen LogP contribution in [0.2, 0.25) is 0 Å². The molecule has 0 bridgehead atoms. The SMILES string of the molecule is C[C@@H]1CCCCCC[C@H]2O[C@H]2CC(=O)O1. The summed E-state index contributed by atoms with van der Waals surface area (Å²) >= 11 is 0. The van der Waals surface area contributed by atoms with E-state index >= 15 is 0 Å². The van der Waals surface area contributed by atoms with Gasteiger partial charge in [-0.05, 0) is 26.2 Å². The molecule has 3 heteroatoms. The Morgan fingerprint density at radius 1 is 1.07 bits per heavy atom. The number of rotatable bonds is 0. The first-order valence-corrected chi connectivity index (χ1v) is 6.10. The Morgan fingerprint density at radius 2 is 1.80 bits per heavy atom. The van der Waals surface area contributed by atoms with Gasteiger partial charge in [0.15, 0.2) is 0 Å². The Morgan fingerprint density at radius 3 is 2.60 bits per heavy atom. The summed E-state index contributed by atoms with van der Waals surface area (Å²) in [5.41, 5.74) is 0. The van der Waals surface area contributed by atoms with Gasteiger partial charge in [0.2, 0.25) is 0 Å². The van der Waals surface area contributed by atoms with E-state index in [9.17, 15) is 4.79 Å². The molecule has 0 aromatic carbocycles. The van der Waals surface area contributed by atoms with Gasteiger partial charge in [-0.2, -0.15) is 0 Å². The first-order valence-electron chi connectivity index (χ1n) is 6.10. The maximum atomic E-state index is 11.4. The van der Waals surface area contributed by atoms with Crippen molar-refractivity contribution in [2.24, 2.45) is 0 Å². The van der Waals surface area contributed by atoms with E-state index in [4.69, 9.17) is 9.47 Å². The molecule has 2 heterocycles. The fourth-order valence-corrected chi connectivity index (χ4v) is 2.24. The third kappa shape index (κ3) is 3.49. The first kappa shape index (κ1) is 10.9. The largest absolute Gasteiger partial charge is 0.463 e. The normalized spacial score (nSPS) is 38.2. The van der Waals surface area contributed by atoms with Crippen LogP contribution in [0.1, 0.15) is 51.9 Å². The second-order valence-electron chi connectivity index (χ2n) is 4.71. The molecular formula is C12H20O3. The summed E-state index contributed by atoms with van der Waals surface area (Å²) < 4.78 is 10.7. The van der Waals surface area contributed by atoms with Crippen molar-refractivity contribution in [1.29, 1.82) is 0 Å². The molecule has 0 saturated carbocycles. The smallest absolute Gasteiger partial charge is 0.308 e. The molecule has 0 radical (unpaired) electrons. The molecule has 0 unspecified atom stereocenters. The van der Waals surface area contributed by atoms with Gasteiger partial charge in [-0.3, -0.25) is 4.79 Å². The molecule has 2 rings (SSSR count). The van der Waals surface area contributed by atoms with Crippen LogP contribution in [-0.2, 0) is 14.3 Å². The summed E-state index contributed by atoms with van der Waals surface area (Å²) in [4.78, 5) is 11.4. The van der Waals surface area contributed by atoms with Crippen molar-refractivity contribution in [3.8, 4) is 0 Å². The van der Waals surface area contributed by atoms with Crippen molar-refractivity contribution in [2.45, 2.75) is 70.2 Å². The van der Waals surface area contributed by atoms with Gasteiger partial charge in [-0.15, -0.1) is 0 Å². The van der Waals surface area contributed by atoms with Crippen LogP contribution in [0.5, 0.6) is 0 Å². The fourth-order valence-electron chi connectivity index (χ4n) is 2.24. The molecule has 15 heavy (non-hydrogen) atoms. The maximum absolute atomic E-state index is 11.4. The summed E-state index contributed by atoms with van der Waals surface area (Å²) in [6, 6.07) is 0. The van der Waals surface area contributed by atoms with Gasteiger partial charge in [0.05, 0.1) is 24.7 Å². The fraction of sp³-hybridized carbons (Fsp3) is 0.917. The van der Waals surface area contributed by atoms with E-state index in [-0.39, 0.29) is 18.2 Å². The average molecular weight is 212 g/mol. The Labute approximate surface area is 91.1 Å². The molecule has 3 nitrogen and oxygen atoms in total. The molecule has 2 aliphatic rings. The number of fused-ring (bicyclic) bond motifs is 1. The van der Waals surface area contributed by atoms with Crippen molar-refractivity contribution in [3.63, 3.8) is 0 Å². The van der Waals surface area contributed by atoms with Crippen LogP contribution < -0.4 is 0 Å². The number of carbonyl (C=O) groups excluding carboxylic acids is 1. The highest BCUT2D eigenvalue weighted by molar-refractivity contribution is 5.70. The molecule has 0 N–H and O–H groups in total. The van der Waals surface area contributed by atoms with Crippen molar-refractivity contribution in [3.05, 3.63) is 0 Å². The van der Waals surface area contributed by atoms with Crippen LogP contribution in [0.15, 0.2) is 0 Å². The van der Waals surface area contributed by atoms with Crippen molar-refractivity contribution >= 4 is 5.97 Å². The lowest BCUT2D eigenvalue weighted by atomic mass is 10.1. The van der Waals surface area contributed by atoms with E-state index in [1.54, 1.807) is 0 Å². The van der Waals surface area contributed by atoms with Crippen LogP contribution in [0.3, 0.4) is 0 Å². The number of hydrogen-bond donors (Lipinski definition) is 0. The Hall–Kier alpha value is -0.570. The zero-order valence-corrected chi connectivity index (χ0v) is 9.41. The second kappa shape index (κ2) is 4.97. The number of hydrogen-bond acceptors (Lipinski definition) is 3. The number of epoxide rings is 1. The third-order valence-electron chi connectivity index (χ3n) is 3.24. The van der Waals surface area contributed by atoms with Crippen molar-refractivity contribution < 1.29 is 14.3 Å². The predicted molar refractivity (Wildman–Crippen MR) is 56.5 cm³/mol. The molecular weight excluding hydrogens is 192 g/mol. The zero-order valence-electron chi connectivity index (χ0n) is 9.41. The third-order valence-corrected chi connectivity index (χ3v) is 3.24. The highest BCUT2D eigenvalue weighted by Gasteiger charge is 2.40. The minimum absolute atomic E-state index is 0.0779. The van der Waals surface area contributed by atoms with Crippen LogP contribution in [-0.4, -0.2) is 24.3 Å². The van der Waals surface area contributed by atoms with E-state index in [0.29, 0.717) is 12.5 Å². The first-order chi connectivity index (χ1) is 7.25. The van der Waals surface area contributed by atoms with Crippen LogP contribution >= 0.6 is 0 Å². The lowest BCUT2D eigenvalue weighted by Crippen LogP contribution is -2.17. The van der Waals surface area contributed by atoms with Crippen molar-refractivity contribution in [2.75, 3.05) is 0 Å². The van der Waals surface area contributed by atoms with Crippen molar-refractivity contribution in [1.82, 2.24) is 0 Å². The molecule has 2 aliphatic heterocycles. The number of ether oxygens (including phenoxy) is 2.